The second-order valence-corrected chi connectivity index (χ2v) is 7.01. The maximum absolute atomic E-state index is 13.1. The Morgan fingerprint density at radius 3 is 2.43 bits per heavy atom. The zero-order chi connectivity index (χ0) is 21.1. The number of aromatic nitrogens is 1. The number of hydrogen-bond donors (Lipinski definition) is 1. The van der Waals surface area contributed by atoms with E-state index in [1.54, 1.807) is 41.3 Å². The van der Waals surface area contributed by atoms with Crippen LogP contribution in [0.1, 0.15) is 10.4 Å². The van der Waals surface area contributed by atoms with Crippen LogP contribution in [0.25, 0.3) is 10.9 Å². The van der Waals surface area contributed by atoms with E-state index in [2.05, 4.69) is 9.88 Å². The number of nitrogens with zero attached hydrogens (tertiary/aromatic N) is 2. The molecule has 8 heteroatoms. The lowest BCUT2D eigenvalue weighted by Gasteiger charge is -2.36. The molecule has 3 aromatic rings. The van der Waals surface area contributed by atoms with Gasteiger partial charge in [-0.05, 0) is 30.3 Å². The number of halogens is 1. The highest BCUT2D eigenvalue weighted by Crippen LogP contribution is 2.18. The number of hydrogen-bond acceptors (Lipinski definition) is 5. The van der Waals surface area contributed by atoms with Crippen LogP contribution >= 0.6 is 0 Å². The van der Waals surface area contributed by atoms with E-state index < -0.39 is 18.1 Å². The van der Waals surface area contributed by atoms with Crippen molar-refractivity contribution in [3.05, 3.63) is 76.3 Å². The minimum Gasteiger partial charge on any atom is -0.452 e. The van der Waals surface area contributed by atoms with E-state index in [1.165, 1.54) is 18.2 Å². The normalized spacial score (nSPS) is 14.0. The average Bonchev–Trinajstić information content (AvgIpc) is 2.77. The third-order valence-electron chi connectivity index (χ3n) is 5.12. The molecule has 4 rings (SSSR count). The SMILES string of the molecule is O=C(OCC(=O)N1CCN(c2ccc(F)cc2)CC1)c1cc(=O)[nH]c2ccccc12. The second kappa shape index (κ2) is 8.36. The topological polar surface area (TPSA) is 82.7 Å². The van der Waals surface area contributed by atoms with Crippen molar-refractivity contribution in [1.82, 2.24) is 9.88 Å². The number of anilines is 1. The standard InChI is InChI=1S/C22H20FN3O4/c23-15-5-7-16(8-6-15)25-9-11-26(12-10-25)21(28)14-30-22(29)18-13-20(27)24-19-4-2-1-3-17(18)19/h1-8,13H,9-12,14H2,(H,24,27). The number of ether oxygens (including phenoxy) is 1. The van der Waals surface area contributed by atoms with Gasteiger partial charge in [0.1, 0.15) is 5.82 Å². The molecule has 1 aliphatic heterocycles. The Hall–Kier alpha value is -3.68. The average molecular weight is 409 g/mol. The number of carbonyl (C=O) groups excluding carboxylic acids is 2. The fourth-order valence-corrected chi connectivity index (χ4v) is 3.54. The monoisotopic (exact) mass is 409 g/mol. The predicted octanol–water partition coefficient (Wildman–Crippen LogP) is 2.17. The number of amides is 1. The van der Waals surface area contributed by atoms with Gasteiger partial charge in [-0.1, -0.05) is 18.2 Å². The Labute approximate surface area is 171 Å². The molecule has 0 radical (unpaired) electrons. The summed E-state index contributed by atoms with van der Waals surface area (Å²) in [5, 5.41) is 0.558. The Morgan fingerprint density at radius 2 is 1.70 bits per heavy atom. The van der Waals surface area contributed by atoms with Gasteiger partial charge in [-0.2, -0.15) is 0 Å². The Bertz CT molecular complexity index is 1140. The molecule has 1 N–H and O–H groups in total. The Kier molecular flexibility index (Phi) is 5.47. The number of piperazine rings is 1. The highest BCUT2D eigenvalue weighted by atomic mass is 19.1. The number of H-pyrrole nitrogens is 1. The fraction of sp³-hybridized carbons (Fsp3) is 0.227. The minimum absolute atomic E-state index is 0.128. The molecule has 0 saturated carbocycles. The number of carbonyl (C=O) groups is 2. The predicted molar refractivity (Wildman–Crippen MR) is 110 cm³/mol. The van der Waals surface area contributed by atoms with Gasteiger partial charge in [-0.3, -0.25) is 9.59 Å². The van der Waals surface area contributed by atoms with Crippen LogP contribution in [0.2, 0.25) is 0 Å². The molecule has 1 saturated heterocycles. The molecule has 154 valence electrons. The molecule has 1 amide bonds. The molecule has 1 aromatic heterocycles. The summed E-state index contributed by atoms with van der Waals surface area (Å²) in [5.41, 5.74) is 1.14. The van der Waals surface area contributed by atoms with Crippen LogP contribution in [0.3, 0.4) is 0 Å². The molecule has 30 heavy (non-hydrogen) atoms. The molecule has 0 bridgehead atoms. The third kappa shape index (κ3) is 4.17. The van der Waals surface area contributed by atoms with Crippen LogP contribution < -0.4 is 10.5 Å². The van der Waals surface area contributed by atoms with Crippen molar-refractivity contribution in [2.24, 2.45) is 0 Å². The van der Waals surface area contributed by atoms with E-state index in [4.69, 9.17) is 4.74 Å². The lowest BCUT2D eigenvalue weighted by Crippen LogP contribution is -2.49. The maximum atomic E-state index is 13.1. The first-order chi connectivity index (χ1) is 14.5. The number of rotatable bonds is 4. The summed E-state index contributed by atoms with van der Waals surface area (Å²) in [7, 11) is 0. The van der Waals surface area contributed by atoms with Crippen LogP contribution in [0.5, 0.6) is 0 Å². The summed E-state index contributed by atoms with van der Waals surface area (Å²) in [5.74, 6) is -1.30. The summed E-state index contributed by atoms with van der Waals surface area (Å²) in [4.78, 5) is 43.1. The van der Waals surface area contributed by atoms with Gasteiger partial charge < -0.3 is 19.5 Å². The first-order valence-corrected chi connectivity index (χ1v) is 9.59. The van der Waals surface area contributed by atoms with Gasteiger partial charge in [0.2, 0.25) is 5.56 Å². The highest BCUT2D eigenvalue weighted by molar-refractivity contribution is 6.03. The van der Waals surface area contributed by atoms with Crippen molar-refractivity contribution >= 4 is 28.5 Å². The number of para-hydroxylation sites is 1. The molecular weight excluding hydrogens is 389 g/mol. The molecule has 1 aliphatic rings. The van der Waals surface area contributed by atoms with Gasteiger partial charge in [0, 0.05) is 48.8 Å². The molecule has 0 aliphatic carbocycles. The molecule has 0 unspecified atom stereocenters. The minimum atomic E-state index is -0.712. The Morgan fingerprint density at radius 1 is 1.00 bits per heavy atom. The number of pyridine rings is 1. The largest absolute Gasteiger partial charge is 0.452 e. The van der Waals surface area contributed by atoms with E-state index in [0.717, 1.165) is 5.69 Å². The highest BCUT2D eigenvalue weighted by Gasteiger charge is 2.23. The van der Waals surface area contributed by atoms with E-state index in [0.29, 0.717) is 37.1 Å². The maximum Gasteiger partial charge on any atom is 0.339 e. The van der Waals surface area contributed by atoms with Gasteiger partial charge in [0.05, 0.1) is 5.56 Å². The zero-order valence-electron chi connectivity index (χ0n) is 16.1. The number of benzene rings is 2. The first-order valence-electron chi connectivity index (χ1n) is 9.59. The summed E-state index contributed by atoms with van der Waals surface area (Å²) in [6, 6.07) is 14.3. The molecule has 1 fully saturated rings. The Balaban J connectivity index is 1.35. The van der Waals surface area contributed by atoms with Crippen molar-refractivity contribution in [3.63, 3.8) is 0 Å². The summed E-state index contributed by atoms with van der Waals surface area (Å²) < 4.78 is 18.3. The molecule has 7 nitrogen and oxygen atoms in total. The van der Waals surface area contributed by atoms with Gasteiger partial charge in [0.25, 0.3) is 5.91 Å². The number of aromatic amines is 1. The van der Waals surface area contributed by atoms with Crippen LogP contribution in [-0.2, 0) is 9.53 Å². The smallest absolute Gasteiger partial charge is 0.339 e. The number of esters is 1. The second-order valence-electron chi connectivity index (χ2n) is 7.01. The van der Waals surface area contributed by atoms with Gasteiger partial charge >= 0.3 is 5.97 Å². The van der Waals surface area contributed by atoms with E-state index >= 15 is 0 Å². The van der Waals surface area contributed by atoms with Crippen LogP contribution in [-0.4, -0.2) is 54.5 Å². The van der Waals surface area contributed by atoms with Crippen molar-refractivity contribution in [2.75, 3.05) is 37.7 Å². The zero-order valence-corrected chi connectivity index (χ0v) is 16.1. The van der Waals surface area contributed by atoms with Crippen molar-refractivity contribution in [3.8, 4) is 0 Å². The van der Waals surface area contributed by atoms with E-state index in [1.807, 2.05) is 0 Å². The fourth-order valence-electron chi connectivity index (χ4n) is 3.54. The molecule has 2 aromatic carbocycles. The lowest BCUT2D eigenvalue weighted by atomic mass is 10.1. The van der Waals surface area contributed by atoms with E-state index in [-0.39, 0.29) is 17.3 Å². The molecule has 0 atom stereocenters. The van der Waals surface area contributed by atoms with Crippen LogP contribution in [0.4, 0.5) is 10.1 Å². The van der Waals surface area contributed by atoms with Gasteiger partial charge in [-0.15, -0.1) is 0 Å². The van der Waals surface area contributed by atoms with Crippen molar-refractivity contribution in [1.29, 1.82) is 0 Å². The molecular formula is C22H20FN3O4. The number of nitrogens with one attached hydrogen (secondary N) is 1. The summed E-state index contributed by atoms with van der Waals surface area (Å²) in [6.07, 6.45) is 0. The van der Waals surface area contributed by atoms with Gasteiger partial charge in [0.15, 0.2) is 6.61 Å². The molecule has 0 spiro atoms. The third-order valence-corrected chi connectivity index (χ3v) is 5.12. The van der Waals surface area contributed by atoms with Crippen LogP contribution in [0, 0.1) is 5.82 Å². The first kappa shape index (κ1) is 19.6. The lowest BCUT2D eigenvalue weighted by molar-refractivity contribution is -0.134. The van der Waals surface area contributed by atoms with Crippen molar-refractivity contribution < 1.29 is 18.7 Å². The molecule has 2 heterocycles. The van der Waals surface area contributed by atoms with E-state index in [9.17, 15) is 18.8 Å². The van der Waals surface area contributed by atoms with Crippen LogP contribution in [0.15, 0.2) is 59.4 Å². The quantitative estimate of drug-likeness (QED) is 0.668. The summed E-state index contributed by atoms with van der Waals surface area (Å²) in [6.45, 7) is 1.76. The van der Waals surface area contributed by atoms with Crippen molar-refractivity contribution in [2.45, 2.75) is 0 Å². The number of fused-ring (bicyclic) bond motifs is 1. The summed E-state index contributed by atoms with van der Waals surface area (Å²) >= 11 is 0. The van der Waals surface area contributed by atoms with Gasteiger partial charge in [-0.25, -0.2) is 9.18 Å².